The van der Waals surface area contributed by atoms with Gasteiger partial charge in [0.2, 0.25) is 5.91 Å². The van der Waals surface area contributed by atoms with E-state index in [9.17, 15) is 4.79 Å². The Bertz CT molecular complexity index is 1100. The number of anilines is 2. The maximum absolute atomic E-state index is 12.1. The van der Waals surface area contributed by atoms with E-state index in [0.717, 1.165) is 35.5 Å². The fourth-order valence-electron chi connectivity index (χ4n) is 4.13. The average Bonchev–Trinajstić information content (AvgIpc) is 3.19. The number of aryl methyl sites for hydroxylation is 2. The molecule has 158 valence electrons. The summed E-state index contributed by atoms with van der Waals surface area (Å²) in [6, 6.07) is 24.6. The van der Waals surface area contributed by atoms with E-state index in [2.05, 4.69) is 47.9 Å². The first-order valence-corrected chi connectivity index (χ1v) is 11.0. The van der Waals surface area contributed by atoms with Crippen LogP contribution in [0.2, 0.25) is 0 Å². The van der Waals surface area contributed by atoms with Crippen LogP contribution in [0, 0.1) is 13.8 Å². The lowest BCUT2D eigenvalue weighted by atomic mass is 9.95. The first-order chi connectivity index (χ1) is 15.0. The third-order valence-electron chi connectivity index (χ3n) is 5.73. The molecule has 3 aromatic rings. The van der Waals surface area contributed by atoms with Gasteiger partial charge in [-0.3, -0.25) is 4.79 Å². The molecule has 5 heteroatoms. The summed E-state index contributed by atoms with van der Waals surface area (Å²) in [6.07, 6.45) is 1.55. The van der Waals surface area contributed by atoms with Crippen LogP contribution >= 0.6 is 12.2 Å². The van der Waals surface area contributed by atoms with Crippen LogP contribution in [-0.4, -0.2) is 17.6 Å². The van der Waals surface area contributed by atoms with Gasteiger partial charge in [-0.25, -0.2) is 0 Å². The molecule has 0 radical (unpaired) electrons. The Balaban J connectivity index is 1.53. The lowest BCUT2D eigenvalue weighted by molar-refractivity contribution is -0.117. The number of carbonyl (C=O) groups excluding carboxylic acids is 1. The number of nitrogens with one attached hydrogen (secondary N) is 2. The quantitative estimate of drug-likeness (QED) is 0.525. The van der Waals surface area contributed by atoms with Crippen molar-refractivity contribution in [2.45, 2.75) is 32.7 Å². The first-order valence-electron chi connectivity index (χ1n) is 10.6. The predicted octanol–water partition coefficient (Wildman–Crippen LogP) is 5.51. The number of nitrogens with zero attached hydrogens (tertiary/aromatic N) is 1. The number of benzene rings is 3. The molecule has 3 aromatic carbocycles. The summed E-state index contributed by atoms with van der Waals surface area (Å²) in [5, 5.41) is 7.37. The van der Waals surface area contributed by atoms with Gasteiger partial charge in [0, 0.05) is 24.3 Å². The molecule has 1 unspecified atom stereocenters. The van der Waals surface area contributed by atoms with E-state index >= 15 is 0 Å². The van der Waals surface area contributed by atoms with E-state index < -0.39 is 0 Å². The van der Waals surface area contributed by atoms with Crippen LogP contribution in [0.25, 0.3) is 0 Å². The number of amides is 1. The highest BCUT2D eigenvalue weighted by Gasteiger charge is 2.23. The van der Waals surface area contributed by atoms with Gasteiger partial charge >= 0.3 is 0 Å². The minimum atomic E-state index is -0.0509. The second kappa shape index (κ2) is 9.31. The molecule has 1 amide bonds. The Labute approximate surface area is 189 Å². The fraction of sp³-hybridized carbons (Fsp3) is 0.231. The van der Waals surface area contributed by atoms with Crippen LogP contribution in [-0.2, 0) is 4.79 Å². The number of hydrogen-bond donors (Lipinski definition) is 2. The van der Waals surface area contributed by atoms with Crippen LogP contribution in [0.5, 0.6) is 0 Å². The second-order valence-corrected chi connectivity index (χ2v) is 8.36. The molecule has 0 aliphatic carbocycles. The van der Waals surface area contributed by atoms with Gasteiger partial charge < -0.3 is 15.5 Å². The Morgan fingerprint density at radius 3 is 2.39 bits per heavy atom. The Kier molecular flexibility index (Phi) is 6.33. The van der Waals surface area contributed by atoms with Gasteiger partial charge in [-0.05, 0) is 72.9 Å². The summed E-state index contributed by atoms with van der Waals surface area (Å²) in [5.74, 6) is 0.199. The van der Waals surface area contributed by atoms with Gasteiger partial charge in [0.1, 0.15) is 0 Å². The van der Waals surface area contributed by atoms with E-state index in [0.29, 0.717) is 11.5 Å². The molecule has 1 fully saturated rings. The fourth-order valence-corrected chi connectivity index (χ4v) is 4.37. The zero-order valence-corrected chi connectivity index (χ0v) is 18.7. The van der Waals surface area contributed by atoms with Crippen molar-refractivity contribution in [3.8, 4) is 0 Å². The molecule has 0 bridgehead atoms. The molecule has 4 nitrogen and oxygen atoms in total. The molecule has 1 aliphatic heterocycles. The molecule has 31 heavy (non-hydrogen) atoms. The maximum Gasteiger partial charge on any atom is 0.227 e. The molecule has 0 aromatic heterocycles. The Morgan fingerprint density at radius 1 is 0.968 bits per heavy atom. The van der Waals surface area contributed by atoms with Gasteiger partial charge in [0.05, 0.1) is 6.04 Å². The van der Waals surface area contributed by atoms with Crippen LogP contribution < -0.4 is 15.5 Å². The summed E-state index contributed by atoms with van der Waals surface area (Å²) in [6.45, 7) is 4.94. The van der Waals surface area contributed by atoms with Crippen LogP contribution in [0.1, 0.15) is 41.1 Å². The highest BCUT2D eigenvalue weighted by Crippen LogP contribution is 2.28. The molecular weight excluding hydrogens is 402 g/mol. The highest BCUT2D eigenvalue weighted by molar-refractivity contribution is 7.80. The zero-order valence-electron chi connectivity index (χ0n) is 17.9. The number of carbonyl (C=O) groups is 1. The topological polar surface area (TPSA) is 44.4 Å². The van der Waals surface area contributed by atoms with Crippen molar-refractivity contribution in [3.05, 3.63) is 95.1 Å². The molecule has 4 rings (SSSR count). The molecule has 1 heterocycles. The van der Waals surface area contributed by atoms with E-state index in [-0.39, 0.29) is 11.9 Å². The molecule has 2 N–H and O–H groups in total. The lowest BCUT2D eigenvalue weighted by Crippen LogP contribution is -2.33. The van der Waals surface area contributed by atoms with Gasteiger partial charge in [-0.15, -0.1) is 0 Å². The first kappa shape index (κ1) is 21.1. The SMILES string of the molecule is Cc1ccccc1C(NC(=S)Nc1ccc(N2CCCC2=O)c(C)c1)c1ccccc1. The third-order valence-corrected chi connectivity index (χ3v) is 5.95. The molecule has 0 saturated carbocycles. The van der Waals surface area contributed by atoms with E-state index in [1.54, 1.807) is 0 Å². The molecule has 1 atom stereocenters. The van der Waals surface area contributed by atoms with Crippen molar-refractivity contribution >= 4 is 34.6 Å². The van der Waals surface area contributed by atoms with Crippen molar-refractivity contribution < 1.29 is 4.79 Å². The largest absolute Gasteiger partial charge is 0.352 e. The summed E-state index contributed by atoms with van der Waals surface area (Å²) < 4.78 is 0. The van der Waals surface area contributed by atoms with Gasteiger partial charge in [0.25, 0.3) is 0 Å². The normalized spacial score (nSPS) is 14.4. The molecule has 1 saturated heterocycles. The summed E-state index contributed by atoms with van der Waals surface area (Å²) in [4.78, 5) is 14.0. The number of hydrogen-bond acceptors (Lipinski definition) is 2. The minimum absolute atomic E-state index is 0.0509. The van der Waals surface area contributed by atoms with Gasteiger partial charge in [-0.2, -0.15) is 0 Å². The average molecular weight is 430 g/mol. The molecule has 0 spiro atoms. The predicted molar refractivity (Wildman–Crippen MR) is 132 cm³/mol. The summed E-state index contributed by atoms with van der Waals surface area (Å²) in [7, 11) is 0. The second-order valence-electron chi connectivity index (χ2n) is 7.95. The molecule has 1 aliphatic rings. The van der Waals surface area contributed by atoms with Crippen molar-refractivity contribution in [3.63, 3.8) is 0 Å². The zero-order chi connectivity index (χ0) is 21.8. The molecular formula is C26H27N3OS. The van der Waals surface area contributed by atoms with E-state index in [4.69, 9.17) is 12.2 Å². The lowest BCUT2D eigenvalue weighted by Gasteiger charge is -2.24. The minimum Gasteiger partial charge on any atom is -0.352 e. The number of rotatable bonds is 5. The van der Waals surface area contributed by atoms with E-state index in [1.165, 1.54) is 11.1 Å². The van der Waals surface area contributed by atoms with Crippen molar-refractivity contribution in [2.24, 2.45) is 0 Å². The number of thiocarbonyl (C=S) groups is 1. The van der Waals surface area contributed by atoms with Crippen LogP contribution in [0.15, 0.2) is 72.8 Å². The Morgan fingerprint density at radius 2 is 1.71 bits per heavy atom. The van der Waals surface area contributed by atoms with Crippen molar-refractivity contribution in [1.82, 2.24) is 5.32 Å². The Hall–Kier alpha value is -3.18. The summed E-state index contributed by atoms with van der Waals surface area (Å²) >= 11 is 5.67. The van der Waals surface area contributed by atoms with Crippen LogP contribution in [0.3, 0.4) is 0 Å². The van der Waals surface area contributed by atoms with Crippen LogP contribution in [0.4, 0.5) is 11.4 Å². The van der Waals surface area contributed by atoms with Crippen molar-refractivity contribution in [1.29, 1.82) is 0 Å². The third kappa shape index (κ3) is 4.78. The monoisotopic (exact) mass is 429 g/mol. The maximum atomic E-state index is 12.1. The van der Waals surface area contributed by atoms with Gasteiger partial charge in [0.15, 0.2) is 5.11 Å². The highest BCUT2D eigenvalue weighted by atomic mass is 32.1. The standard InChI is InChI=1S/C26H27N3OS/c1-18-9-6-7-12-22(18)25(20-10-4-3-5-11-20)28-26(31)27-21-14-15-23(19(2)17-21)29-16-8-13-24(29)30/h3-7,9-12,14-15,17,25H,8,13,16H2,1-2H3,(H2,27,28,31). The van der Waals surface area contributed by atoms with Crippen molar-refractivity contribution in [2.75, 3.05) is 16.8 Å². The summed E-state index contributed by atoms with van der Waals surface area (Å²) in [5.41, 5.74) is 6.50. The van der Waals surface area contributed by atoms with E-state index in [1.807, 2.05) is 54.3 Å². The van der Waals surface area contributed by atoms with Gasteiger partial charge in [-0.1, -0.05) is 54.6 Å². The smallest absolute Gasteiger partial charge is 0.227 e.